The lowest BCUT2D eigenvalue weighted by atomic mass is 9.58. The summed E-state index contributed by atoms with van der Waals surface area (Å²) in [4.78, 5) is 0. The van der Waals surface area contributed by atoms with E-state index in [1.165, 1.54) is 25.7 Å². The van der Waals surface area contributed by atoms with Gasteiger partial charge in [-0.05, 0) is 48.3 Å². The molecule has 2 saturated carbocycles. The predicted octanol–water partition coefficient (Wildman–Crippen LogP) is 4.10. The highest BCUT2D eigenvalue weighted by molar-refractivity contribution is 4.99. The van der Waals surface area contributed by atoms with Crippen LogP contribution in [-0.2, 0) is 0 Å². The summed E-state index contributed by atoms with van der Waals surface area (Å²) in [7, 11) is 0. The van der Waals surface area contributed by atoms with E-state index in [1.807, 2.05) is 0 Å². The molecular formula is C13H24. The molecule has 0 aliphatic heterocycles. The molecule has 0 aromatic rings. The van der Waals surface area contributed by atoms with Gasteiger partial charge in [-0.3, -0.25) is 0 Å². The molecule has 76 valence electrons. The van der Waals surface area contributed by atoms with Crippen molar-refractivity contribution in [3.05, 3.63) is 0 Å². The average molecular weight is 180 g/mol. The van der Waals surface area contributed by atoms with Gasteiger partial charge >= 0.3 is 0 Å². The maximum atomic E-state index is 2.52. The zero-order chi connectivity index (χ0) is 9.64. The summed E-state index contributed by atoms with van der Waals surface area (Å²) >= 11 is 0. The number of fused-ring (bicyclic) bond motifs is 2. The Morgan fingerprint density at radius 1 is 1.23 bits per heavy atom. The van der Waals surface area contributed by atoms with Gasteiger partial charge in [0.1, 0.15) is 0 Å². The second kappa shape index (κ2) is 3.00. The van der Waals surface area contributed by atoms with Gasteiger partial charge in [0.2, 0.25) is 0 Å². The Kier molecular flexibility index (Phi) is 2.20. The Labute approximate surface area is 83.1 Å². The minimum Gasteiger partial charge on any atom is -0.0651 e. The molecule has 2 aliphatic rings. The Hall–Kier alpha value is 0. The van der Waals surface area contributed by atoms with Crippen LogP contribution >= 0.6 is 0 Å². The number of rotatable bonds is 1. The molecule has 0 aromatic heterocycles. The second-order valence-corrected chi connectivity index (χ2v) is 5.97. The first-order chi connectivity index (χ1) is 6.07. The molecule has 0 nitrogen and oxygen atoms in total. The van der Waals surface area contributed by atoms with E-state index in [9.17, 15) is 0 Å². The maximum absolute atomic E-state index is 2.52. The van der Waals surface area contributed by atoms with Crippen LogP contribution in [0.1, 0.15) is 53.4 Å². The molecule has 0 radical (unpaired) electrons. The summed E-state index contributed by atoms with van der Waals surface area (Å²) in [6.45, 7) is 9.92. The SMILES string of the molecule is CCC1C(C)C2CCC(C2)C1(C)C. The highest BCUT2D eigenvalue weighted by atomic mass is 14.5. The van der Waals surface area contributed by atoms with Crippen LogP contribution in [0.25, 0.3) is 0 Å². The monoisotopic (exact) mass is 180 g/mol. The third kappa shape index (κ3) is 1.25. The van der Waals surface area contributed by atoms with E-state index in [0.29, 0.717) is 5.41 Å². The van der Waals surface area contributed by atoms with Crippen LogP contribution in [-0.4, -0.2) is 0 Å². The largest absolute Gasteiger partial charge is 0.0651 e. The lowest BCUT2D eigenvalue weighted by Crippen LogP contribution is -2.40. The fourth-order valence-electron chi connectivity index (χ4n) is 4.38. The third-order valence-corrected chi connectivity index (χ3v) is 5.30. The maximum Gasteiger partial charge on any atom is -0.0295 e. The highest BCUT2D eigenvalue weighted by Crippen LogP contribution is 2.58. The molecule has 0 amide bonds. The van der Waals surface area contributed by atoms with E-state index < -0.39 is 0 Å². The minimum absolute atomic E-state index is 0.626. The fraction of sp³-hybridized carbons (Fsp3) is 1.00. The van der Waals surface area contributed by atoms with Crippen LogP contribution in [0, 0.1) is 29.1 Å². The van der Waals surface area contributed by atoms with Crippen LogP contribution in [0.15, 0.2) is 0 Å². The van der Waals surface area contributed by atoms with Crippen LogP contribution in [0.4, 0.5) is 0 Å². The summed E-state index contributed by atoms with van der Waals surface area (Å²) in [5, 5.41) is 0. The van der Waals surface area contributed by atoms with Gasteiger partial charge in [-0.15, -0.1) is 0 Å². The molecule has 0 heterocycles. The number of hydrogen-bond acceptors (Lipinski definition) is 0. The molecule has 0 N–H and O–H groups in total. The smallest absolute Gasteiger partial charge is 0.0295 e. The van der Waals surface area contributed by atoms with E-state index in [-0.39, 0.29) is 0 Å². The van der Waals surface area contributed by atoms with Crippen LogP contribution in [0.2, 0.25) is 0 Å². The van der Waals surface area contributed by atoms with Crippen molar-refractivity contribution in [2.45, 2.75) is 53.4 Å². The van der Waals surface area contributed by atoms with Gasteiger partial charge in [-0.25, -0.2) is 0 Å². The Morgan fingerprint density at radius 3 is 2.54 bits per heavy atom. The first kappa shape index (κ1) is 9.55. The Bertz CT molecular complexity index is 192. The first-order valence-electron chi connectivity index (χ1n) is 6.07. The van der Waals surface area contributed by atoms with E-state index in [2.05, 4.69) is 27.7 Å². The summed E-state index contributed by atoms with van der Waals surface area (Å²) in [6.07, 6.45) is 5.95. The standard InChI is InChI=1S/C13H24/c1-5-12-9(2)10-6-7-11(8-10)13(12,3)4/h9-12H,5-8H2,1-4H3. The zero-order valence-electron chi connectivity index (χ0n) is 9.64. The molecule has 2 fully saturated rings. The van der Waals surface area contributed by atoms with E-state index in [1.54, 1.807) is 0 Å². The minimum atomic E-state index is 0.626. The van der Waals surface area contributed by atoms with E-state index in [0.717, 1.165) is 23.7 Å². The van der Waals surface area contributed by atoms with Crippen molar-refractivity contribution in [2.24, 2.45) is 29.1 Å². The molecule has 0 heteroatoms. The zero-order valence-corrected chi connectivity index (χ0v) is 9.64. The first-order valence-corrected chi connectivity index (χ1v) is 6.07. The van der Waals surface area contributed by atoms with Gasteiger partial charge in [-0.1, -0.05) is 34.1 Å². The number of hydrogen-bond donors (Lipinski definition) is 0. The molecule has 4 atom stereocenters. The van der Waals surface area contributed by atoms with E-state index >= 15 is 0 Å². The van der Waals surface area contributed by atoms with Gasteiger partial charge < -0.3 is 0 Å². The summed E-state index contributed by atoms with van der Waals surface area (Å²) in [5.41, 5.74) is 0.626. The molecular weight excluding hydrogens is 156 g/mol. The van der Waals surface area contributed by atoms with E-state index in [4.69, 9.17) is 0 Å². The topological polar surface area (TPSA) is 0 Å². The molecule has 2 aliphatic carbocycles. The molecule has 0 aromatic carbocycles. The average Bonchev–Trinajstić information content (AvgIpc) is 2.49. The third-order valence-electron chi connectivity index (χ3n) is 5.30. The quantitative estimate of drug-likeness (QED) is 0.570. The lowest BCUT2D eigenvalue weighted by molar-refractivity contribution is 0.0156. The Balaban J connectivity index is 2.26. The van der Waals surface area contributed by atoms with Crippen LogP contribution in [0.5, 0.6) is 0 Å². The molecule has 4 unspecified atom stereocenters. The summed E-state index contributed by atoms with van der Waals surface area (Å²) < 4.78 is 0. The predicted molar refractivity (Wildman–Crippen MR) is 57.6 cm³/mol. The molecule has 0 spiro atoms. The van der Waals surface area contributed by atoms with Gasteiger partial charge in [0, 0.05) is 0 Å². The normalized spacial score (nSPS) is 48.0. The lowest BCUT2D eigenvalue weighted by Gasteiger charge is -2.47. The van der Waals surface area contributed by atoms with Gasteiger partial charge in [0.05, 0.1) is 0 Å². The molecule has 2 bridgehead atoms. The summed E-state index contributed by atoms with van der Waals surface area (Å²) in [6, 6.07) is 0. The molecule has 13 heavy (non-hydrogen) atoms. The highest BCUT2D eigenvalue weighted by Gasteiger charge is 2.49. The van der Waals surface area contributed by atoms with Crippen molar-refractivity contribution in [3.63, 3.8) is 0 Å². The van der Waals surface area contributed by atoms with Crippen LogP contribution in [0.3, 0.4) is 0 Å². The van der Waals surface area contributed by atoms with Gasteiger partial charge in [-0.2, -0.15) is 0 Å². The van der Waals surface area contributed by atoms with Crippen molar-refractivity contribution >= 4 is 0 Å². The Morgan fingerprint density at radius 2 is 1.92 bits per heavy atom. The fourth-order valence-corrected chi connectivity index (χ4v) is 4.38. The van der Waals surface area contributed by atoms with Crippen molar-refractivity contribution in [1.29, 1.82) is 0 Å². The van der Waals surface area contributed by atoms with Gasteiger partial charge in [0.15, 0.2) is 0 Å². The van der Waals surface area contributed by atoms with Crippen molar-refractivity contribution in [3.8, 4) is 0 Å². The van der Waals surface area contributed by atoms with Crippen molar-refractivity contribution in [1.82, 2.24) is 0 Å². The summed E-state index contributed by atoms with van der Waals surface area (Å²) in [5.74, 6) is 4.08. The van der Waals surface area contributed by atoms with Crippen LogP contribution < -0.4 is 0 Å². The van der Waals surface area contributed by atoms with Crippen molar-refractivity contribution in [2.75, 3.05) is 0 Å². The van der Waals surface area contributed by atoms with Gasteiger partial charge in [0.25, 0.3) is 0 Å². The second-order valence-electron chi connectivity index (χ2n) is 5.97. The van der Waals surface area contributed by atoms with Crippen molar-refractivity contribution < 1.29 is 0 Å². The molecule has 2 rings (SSSR count). The molecule has 0 saturated heterocycles.